The molecule has 1 aliphatic rings. The van der Waals surface area contributed by atoms with E-state index in [1.54, 1.807) is 0 Å². The van der Waals surface area contributed by atoms with Crippen molar-refractivity contribution in [3.05, 3.63) is 0 Å². The van der Waals surface area contributed by atoms with Crippen molar-refractivity contribution in [3.63, 3.8) is 0 Å². The largest absolute Gasteiger partial charge is 0.381 e. The summed E-state index contributed by atoms with van der Waals surface area (Å²) in [4.78, 5) is 0. The molecule has 72 valence electrons. The average Bonchev–Trinajstić information content (AvgIpc) is 2.32. The van der Waals surface area contributed by atoms with Crippen LogP contribution in [0.25, 0.3) is 0 Å². The lowest BCUT2D eigenvalue weighted by atomic mass is 9.84. The fraction of sp³-hybridized carbons (Fsp3) is 1.00. The van der Waals surface area contributed by atoms with E-state index in [4.69, 9.17) is 4.74 Å². The standard InChI is InChI=1S/C11H22O/c1-11(2,3)8-9-5-6-10(7-9)12-4/h9-10H,5-8H2,1-4H3. The van der Waals surface area contributed by atoms with Gasteiger partial charge in [0.1, 0.15) is 0 Å². The van der Waals surface area contributed by atoms with Crippen LogP contribution >= 0.6 is 0 Å². The molecule has 0 saturated heterocycles. The summed E-state index contributed by atoms with van der Waals surface area (Å²) in [6, 6.07) is 0. The molecule has 1 fully saturated rings. The number of methoxy groups -OCH3 is 1. The summed E-state index contributed by atoms with van der Waals surface area (Å²) in [5.74, 6) is 0.912. The summed E-state index contributed by atoms with van der Waals surface area (Å²) in [6.45, 7) is 6.98. The molecular weight excluding hydrogens is 148 g/mol. The van der Waals surface area contributed by atoms with Gasteiger partial charge >= 0.3 is 0 Å². The third-order valence-corrected chi connectivity index (χ3v) is 2.73. The van der Waals surface area contributed by atoms with E-state index < -0.39 is 0 Å². The van der Waals surface area contributed by atoms with Crippen molar-refractivity contribution in [2.75, 3.05) is 7.11 Å². The molecule has 2 unspecified atom stereocenters. The van der Waals surface area contributed by atoms with Gasteiger partial charge in [-0.05, 0) is 37.0 Å². The van der Waals surface area contributed by atoms with E-state index in [0.717, 1.165) is 5.92 Å². The molecule has 0 spiro atoms. The zero-order valence-corrected chi connectivity index (χ0v) is 8.89. The van der Waals surface area contributed by atoms with Gasteiger partial charge in [0.05, 0.1) is 6.10 Å². The second-order valence-corrected chi connectivity index (χ2v) is 5.30. The van der Waals surface area contributed by atoms with Crippen molar-refractivity contribution in [1.82, 2.24) is 0 Å². The minimum atomic E-state index is 0.493. The quantitative estimate of drug-likeness (QED) is 0.618. The predicted octanol–water partition coefficient (Wildman–Crippen LogP) is 3.24. The van der Waals surface area contributed by atoms with E-state index in [9.17, 15) is 0 Å². The molecule has 1 rings (SSSR count). The zero-order chi connectivity index (χ0) is 9.19. The molecule has 0 aromatic heterocycles. The molecule has 1 aliphatic carbocycles. The van der Waals surface area contributed by atoms with Crippen LogP contribution in [-0.4, -0.2) is 13.2 Å². The Kier molecular flexibility index (Phi) is 3.16. The Morgan fingerprint density at radius 2 is 1.92 bits per heavy atom. The monoisotopic (exact) mass is 170 g/mol. The van der Waals surface area contributed by atoms with Crippen molar-refractivity contribution < 1.29 is 4.74 Å². The minimum Gasteiger partial charge on any atom is -0.381 e. The SMILES string of the molecule is COC1CCC(CC(C)(C)C)C1. The van der Waals surface area contributed by atoms with Crippen LogP contribution in [0.4, 0.5) is 0 Å². The molecule has 1 saturated carbocycles. The summed E-state index contributed by atoms with van der Waals surface area (Å²) in [5.41, 5.74) is 0.493. The molecule has 0 radical (unpaired) electrons. The second kappa shape index (κ2) is 3.78. The van der Waals surface area contributed by atoms with Crippen LogP contribution in [0.1, 0.15) is 46.5 Å². The van der Waals surface area contributed by atoms with Crippen molar-refractivity contribution in [2.45, 2.75) is 52.6 Å². The van der Waals surface area contributed by atoms with Crippen molar-refractivity contribution in [2.24, 2.45) is 11.3 Å². The van der Waals surface area contributed by atoms with Crippen LogP contribution < -0.4 is 0 Å². The summed E-state index contributed by atoms with van der Waals surface area (Å²) in [7, 11) is 1.84. The van der Waals surface area contributed by atoms with E-state index in [1.165, 1.54) is 25.7 Å². The molecule has 0 heterocycles. The van der Waals surface area contributed by atoms with Crippen molar-refractivity contribution in [1.29, 1.82) is 0 Å². The highest BCUT2D eigenvalue weighted by Gasteiger charge is 2.27. The lowest BCUT2D eigenvalue weighted by Gasteiger charge is -2.22. The number of hydrogen-bond donors (Lipinski definition) is 0. The third-order valence-electron chi connectivity index (χ3n) is 2.73. The lowest BCUT2D eigenvalue weighted by Crippen LogP contribution is -2.12. The van der Waals surface area contributed by atoms with Crippen molar-refractivity contribution in [3.8, 4) is 0 Å². The molecule has 2 atom stereocenters. The minimum absolute atomic E-state index is 0.493. The predicted molar refractivity (Wildman–Crippen MR) is 52.2 cm³/mol. The van der Waals surface area contributed by atoms with Crippen LogP contribution in [0, 0.1) is 11.3 Å². The molecule has 0 aromatic carbocycles. The van der Waals surface area contributed by atoms with Gasteiger partial charge in [0.25, 0.3) is 0 Å². The van der Waals surface area contributed by atoms with Crippen LogP contribution in [0.15, 0.2) is 0 Å². The van der Waals surface area contributed by atoms with Gasteiger partial charge in [0.15, 0.2) is 0 Å². The molecular formula is C11H22O. The van der Waals surface area contributed by atoms with E-state index >= 15 is 0 Å². The first kappa shape index (κ1) is 10.0. The first-order chi connectivity index (χ1) is 5.51. The average molecular weight is 170 g/mol. The summed E-state index contributed by atoms with van der Waals surface area (Å²) in [6.07, 6.45) is 5.84. The summed E-state index contributed by atoms with van der Waals surface area (Å²) < 4.78 is 5.36. The molecule has 0 aliphatic heterocycles. The fourth-order valence-corrected chi connectivity index (χ4v) is 2.29. The fourth-order valence-electron chi connectivity index (χ4n) is 2.29. The normalized spacial score (nSPS) is 31.0. The Balaban J connectivity index is 2.28. The van der Waals surface area contributed by atoms with Gasteiger partial charge in [-0.2, -0.15) is 0 Å². The maximum Gasteiger partial charge on any atom is 0.0574 e. The van der Waals surface area contributed by atoms with Crippen LogP contribution in [0.3, 0.4) is 0 Å². The van der Waals surface area contributed by atoms with E-state index in [-0.39, 0.29) is 0 Å². The maximum absolute atomic E-state index is 5.36. The number of ether oxygens (including phenoxy) is 1. The Labute approximate surface area is 76.5 Å². The third kappa shape index (κ3) is 3.14. The molecule has 0 amide bonds. The molecule has 1 heteroatoms. The van der Waals surface area contributed by atoms with E-state index in [0.29, 0.717) is 11.5 Å². The Bertz CT molecular complexity index is 134. The highest BCUT2D eigenvalue weighted by atomic mass is 16.5. The Morgan fingerprint density at radius 3 is 2.33 bits per heavy atom. The molecule has 0 aromatic rings. The number of hydrogen-bond acceptors (Lipinski definition) is 1. The second-order valence-electron chi connectivity index (χ2n) is 5.30. The molecule has 0 N–H and O–H groups in total. The van der Waals surface area contributed by atoms with Gasteiger partial charge in [0.2, 0.25) is 0 Å². The summed E-state index contributed by atoms with van der Waals surface area (Å²) in [5, 5.41) is 0. The highest BCUT2D eigenvalue weighted by Crippen LogP contribution is 2.36. The molecule has 0 bridgehead atoms. The van der Waals surface area contributed by atoms with Gasteiger partial charge in [-0.15, -0.1) is 0 Å². The topological polar surface area (TPSA) is 9.23 Å². The van der Waals surface area contributed by atoms with Gasteiger partial charge < -0.3 is 4.74 Å². The van der Waals surface area contributed by atoms with Gasteiger partial charge in [-0.25, -0.2) is 0 Å². The van der Waals surface area contributed by atoms with Crippen LogP contribution in [0.2, 0.25) is 0 Å². The molecule has 12 heavy (non-hydrogen) atoms. The lowest BCUT2D eigenvalue weighted by molar-refractivity contribution is 0.103. The van der Waals surface area contributed by atoms with Gasteiger partial charge in [-0.3, -0.25) is 0 Å². The first-order valence-corrected chi connectivity index (χ1v) is 5.04. The zero-order valence-electron chi connectivity index (χ0n) is 8.89. The van der Waals surface area contributed by atoms with Crippen LogP contribution in [0.5, 0.6) is 0 Å². The van der Waals surface area contributed by atoms with Gasteiger partial charge in [0, 0.05) is 7.11 Å². The van der Waals surface area contributed by atoms with E-state index in [1.807, 2.05) is 7.11 Å². The Morgan fingerprint density at radius 1 is 1.25 bits per heavy atom. The smallest absolute Gasteiger partial charge is 0.0574 e. The van der Waals surface area contributed by atoms with E-state index in [2.05, 4.69) is 20.8 Å². The van der Waals surface area contributed by atoms with Crippen molar-refractivity contribution >= 4 is 0 Å². The first-order valence-electron chi connectivity index (χ1n) is 5.04. The Hall–Kier alpha value is -0.0400. The highest BCUT2D eigenvalue weighted by molar-refractivity contribution is 4.79. The van der Waals surface area contributed by atoms with Gasteiger partial charge in [-0.1, -0.05) is 20.8 Å². The maximum atomic E-state index is 5.36. The summed E-state index contributed by atoms with van der Waals surface area (Å²) >= 11 is 0. The van der Waals surface area contributed by atoms with Crippen LogP contribution in [-0.2, 0) is 4.74 Å². The molecule has 1 nitrogen and oxygen atoms in total. The number of rotatable bonds is 2.